The Bertz CT molecular complexity index is 202. The van der Waals surface area contributed by atoms with Gasteiger partial charge in [0.25, 0.3) is 0 Å². The summed E-state index contributed by atoms with van der Waals surface area (Å²) < 4.78 is 0. The maximum Gasteiger partial charge on any atom is 0.134 e. The van der Waals surface area contributed by atoms with Crippen LogP contribution in [0.5, 0.6) is 0 Å². The van der Waals surface area contributed by atoms with Crippen LogP contribution in [0, 0.1) is 0 Å². The van der Waals surface area contributed by atoms with E-state index < -0.39 is 42.7 Å². The number of rotatable bonds is 1. The van der Waals surface area contributed by atoms with E-state index in [1.165, 1.54) is 0 Å². The van der Waals surface area contributed by atoms with Gasteiger partial charge < -0.3 is 36.4 Å². The molecule has 6 atom stereocenters. The number of hydrogen-bond donors (Lipinski definition) is 7. The first-order valence-electron chi connectivity index (χ1n) is 4.17. The second-order valence-electron chi connectivity index (χ2n) is 3.59. The van der Waals surface area contributed by atoms with Gasteiger partial charge in [0.15, 0.2) is 0 Å². The first-order valence-corrected chi connectivity index (χ1v) is 4.17. The highest BCUT2D eigenvalue weighted by Crippen LogP contribution is 2.28. The Hall–Kier alpha value is 0.01000. The highest BCUT2D eigenvalue weighted by atomic mass is 35.5. The van der Waals surface area contributed by atoms with Crippen molar-refractivity contribution in [2.24, 2.45) is 5.73 Å². The van der Waals surface area contributed by atoms with Crippen molar-refractivity contribution in [1.29, 1.82) is 0 Å². The first-order chi connectivity index (χ1) is 6.36. The summed E-state index contributed by atoms with van der Waals surface area (Å²) in [5.74, 6) is 0. The van der Waals surface area contributed by atoms with Gasteiger partial charge in [-0.3, -0.25) is 0 Å². The highest BCUT2D eigenvalue weighted by Gasteiger charge is 2.56. The van der Waals surface area contributed by atoms with Crippen molar-refractivity contribution in [3.8, 4) is 0 Å². The molecule has 0 aromatic rings. The lowest BCUT2D eigenvalue weighted by atomic mass is 9.74. The molecule has 0 saturated heterocycles. The summed E-state index contributed by atoms with van der Waals surface area (Å²) in [7, 11) is 0. The molecule has 1 fully saturated rings. The Morgan fingerprint density at radius 1 is 1.00 bits per heavy atom. The molecule has 1 rings (SSSR count). The summed E-state index contributed by atoms with van der Waals surface area (Å²) in [5, 5.41) is 55.5. The van der Waals surface area contributed by atoms with E-state index in [1.807, 2.05) is 0 Å². The Balaban J connectivity index is 0.00000196. The molecular formula is C7H16ClNO6. The van der Waals surface area contributed by atoms with Crippen molar-refractivity contribution in [1.82, 2.24) is 0 Å². The molecule has 92 valence electrons. The van der Waals surface area contributed by atoms with Gasteiger partial charge in [0.2, 0.25) is 0 Å². The Morgan fingerprint density at radius 3 is 1.87 bits per heavy atom. The number of hydrogen-bond acceptors (Lipinski definition) is 7. The van der Waals surface area contributed by atoms with Crippen LogP contribution in [0.4, 0.5) is 0 Å². The van der Waals surface area contributed by atoms with Crippen LogP contribution >= 0.6 is 12.4 Å². The number of nitrogens with two attached hydrogens (primary N) is 1. The number of halogens is 1. The van der Waals surface area contributed by atoms with Crippen LogP contribution in [0.1, 0.15) is 0 Å². The predicted molar refractivity (Wildman–Crippen MR) is 51.3 cm³/mol. The smallest absolute Gasteiger partial charge is 0.134 e. The van der Waals surface area contributed by atoms with E-state index in [4.69, 9.17) is 10.8 Å². The van der Waals surface area contributed by atoms with Crippen molar-refractivity contribution in [2.75, 3.05) is 6.61 Å². The summed E-state index contributed by atoms with van der Waals surface area (Å²) in [6, 6.07) is -1.43. The van der Waals surface area contributed by atoms with E-state index in [2.05, 4.69) is 0 Å². The van der Waals surface area contributed by atoms with Gasteiger partial charge in [-0.05, 0) is 0 Å². The third-order valence-electron chi connectivity index (χ3n) is 2.73. The van der Waals surface area contributed by atoms with Crippen LogP contribution in [-0.4, -0.2) is 73.3 Å². The molecule has 8 heteroatoms. The summed E-state index contributed by atoms with van der Waals surface area (Å²) in [6.07, 6.45) is -6.81. The fourth-order valence-corrected chi connectivity index (χ4v) is 1.59. The lowest BCUT2D eigenvalue weighted by molar-refractivity contribution is -0.237. The SMILES string of the molecule is Cl.N[C@@H]1[C@H](O)[C@H](O)[C@H](O)[C@@H](O)[C@]1(O)CO. The van der Waals surface area contributed by atoms with Crippen LogP contribution in [0.3, 0.4) is 0 Å². The largest absolute Gasteiger partial charge is 0.393 e. The Kier molecular flexibility index (Phi) is 4.90. The number of aliphatic hydroxyl groups is 6. The van der Waals surface area contributed by atoms with E-state index in [9.17, 15) is 25.5 Å². The van der Waals surface area contributed by atoms with Gasteiger partial charge in [-0.1, -0.05) is 0 Å². The minimum atomic E-state index is -2.21. The zero-order valence-corrected chi connectivity index (χ0v) is 8.58. The van der Waals surface area contributed by atoms with Crippen molar-refractivity contribution >= 4 is 12.4 Å². The van der Waals surface area contributed by atoms with Gasteiger partial charge in [-0.2, -0.15) is 0 Å². The standard InChI is InChI=1S/C7H15NO6.ClH/c8-5-3(11)2(10)4(12)6(13)7(5,14)1-9;/h2-6,9-14H,1,8H2;1H/t2-,3+,4-,5+,6+,7-;/m0./s1. The van der Waals surface area contributed by atoms with Crippen LogP contribution in [0.15, 0.2) is 0 Å². The van der Waals surface area contributed by atoms with E-state index in [0.29, 0.717) is 0 Å². The summed E-state index contributed by atoms with van der Waals surface area (Å²) in [6.45, 7) is -0.920. The molecule has 0 bridgehead atoms. The molecule has 1 aliphatic rings. The average Bonchev–Trinajstić information content (AvgIpc) is 2.21. The quantitative estimate of drug-likeness (QED) is 0.248. The molecule has 0 spiro atoms. The topological polar surface area (TPSA) is 147 Å². The third-order valence-corrected chi connectivity index (χ3v) is 2.73. The van der Waals surface area contributed by atoms with E-state index in [-0.39, 0.29) is 12.4 Å². The second kappa shape index (κ2) is 4.89. The number of aliphatic hydroxyl groups excluding tert-OH is 5. The van der Waals surface area contributed by atoms with Crippen LogP contribution in [0.25, 0.3) is 0 Å². The molecule has 0 radical (unpaired) electrons. The molecule has 0 aromatic heterocycles. The second-order valence-corrected chi connectivity index (χ2v) is 3.59. The minimum Gasteiger partial charge on any atom is -0.393 e. The fourth-order valence-electron chi connectivity index (χ4n) is 1.59. The highest BCUT2D eigenvalue weighted by molar-refractivity contribution is 5.85. The van der Waals surface area contributed by atoms with E-state index >= 15 is 0 Å². The summed E-state index contributed by atoms with van der Waals surface area (Å²) in [5.41, 5.74) is 3.11. The van der Waals surface area contributed by atoms with E-state index in [0.717, 1.165) is 0 Å². The molecular weight excluding hydrogens is 230 g/mol. The summed E-state index contributed by atoms with van der Waals surface area (Å²) in [4.78, 5) is 0. The first kappa shape index (κ1) is 15.0. The average molecular weight is 246 g/mol. The molecule has 8 N–H and O–H groups in total. The molecule has 1 saturated carbocycles. The van der Waals surface area contributed by atoms with Crippen LogP contribution in [-0.2, 0) is 0 Å². The molecule has 7 nitrogen and oxygen atoms in total. The lowest BCUT2D eigenvalue weighted by Gasteiger charge is -2.47. The van der Waals surface area contributed by atoms with E-state index in [1.54, 1.807) is 0 Å². The molecule has 0 amide bonds. The normalized spacial score (nSPS) is 51.0. The lowest BCUT2D eigenvalue weighted by Crippen LogP contribution is -2.74. The molecule has 0 aromatic carbocycles. The maximum absolute atomic E-state index is 9.62. The minimum absolute atomic E-state index is 0. The molecule has 1 aliphatic carbocycles. The van der Waals surface area contributed by atoms with Gasteiger partial charge in [0.1, 0.15) is 30.0 Å². The van der Waals surface area contributed by atoms with Crippen molar-refractivity contribution in [3.63, 3.8) is 0 Å². The van der Waals surface area contributed by atoms with Gasteiger partial charge in [-0.15, -0.1) is 12.4 Å². The Morgan fingerprint density at radius 2 is 1.47 bits per heavy atom. The van der Waals surface area contributed by atoms with Crippen LogP contribution < -0.4 is 5.73 Å². The van der Waals surface area contributed by atoms with Gasteiger partial charge >= 0.3 is 0 Å². The van der Waals surface area contributed by atoms with Gasteiger partial charge in [-0.25, -0.2) is 0 Å². The predicted octanol–water partition coefficient (Wildman–Crippen LogP) is -4.08. The summed E-state index contributed by atoms with van der Waals surface area (Å²) >= 11 is 0. The third kappa shape index (κ3) is 2.10. The van der Waals surface area contributed by atoms with Gasteiger partial charge in [0.05, 0.1) is 12.6 Å². The Labute approximate surface area is 92.2 Å². The molecule has 15 heavy (non-hydrogen) atoms. The van der Waals surface area contributed by atoms with Crippen molar-refractivity contribution in [2.45, 2.75) is 36.1 Å². The van der Waals surface area contributed by atoms with Gasteiger partial charge in [0, 0.05) is 0 Å². The van der Waals surface area contributed by atoms with Crippen LogP contribution in [0.2, 0.25) is 0 Å². The monoisotopic (exact) mass is 245 g/mol. The maximum atomic E-state index is 9.62. The van der Waals surface area contributed by atoms with Crippen molar-refractivity contribution in [3.05, 3.63) is 0 Å². The molecule has 0 unspecified atom stereocenters. The molecule has 0 heterocycles. The zero-order chi connectivity index (χ0) is 11.1. The zero-order valence-electron chi connectivity index (χ0n) is 7.76. The van der Waals surface area contributed by atoms with Crippen molar-refractivity contribution < 1.29 is 30.6 Å². The fraction of sp³-hybridized carbons (Fsp3) is 1.00. The molecule has 0 aliphatic heterocycles.